The van der Waals surface area contributed by atoms with Gasteiger partial charge in [0.2, 0.25) is 5.03 Å². The highest BCUT2D eigenvalue weighted by Crippen LogP contribution is 2.36. The Morgan fingerprint density at radius 3 is 2.59 bits per heavy atom. The van der Waals surface area contributed by atoms with Crippen molar-refractivity contribution in [3.8, 4) is 0 Å². The third-order valence-corrected chi connectivity index (χ3v) is 5.49. The van der Waals surface area contributed by atoms with Gasteiger partial charge in [0.25, 0.3) is 10.0 Å². The van der Waals surface area contributed by atoms with Crippen LogP contribution in [0.5, 0.6) is 0 Å². The van der Waals surface area contributed by atoms with Crippen molar-refractivity contribution >= 4 is 21.6 Å². The molecule has 1 heterocycles. The fraction of sp³-hybridized carbons (Fsp3) is 0.700. The van der Waals surface area contributed by atoms with Crippen molar-refractivity contribution in [3.05, 3.63) is 11.5 Å². The van der Waals surface area contributed by atoms with Gasteiger partial charge in [-0.3, -0.25) is 0 Å². The van der Waals surface area contributed by atoms with Crippen LogP contribution in [0.25, 0.3) is 0 Å². The number of hydrogen-bond donors (Lipinski definition) is 1. The summed E-state index contributed by atoms with van der Waals surface area (Å²) < 4.78 is 28.5. The molecular weight excluding hydrogens is 262 g/mol. The summed E-state index contributed by atoms with van der Waals surface area (Å²) in [4.78, 5) is 3.84. The van der Waals surface area contributed by atoms with Crippen LogP contribution in [0, 0.1) is 0 Å². The lowest BCUT2D eigenvalue weighted by atomic mass is 9.76. The quantitative estimate of drug-likeness (QED) is 0.911. The van der Waals surface area contributed by atoms with Crippen molar-refractivity contribution < 1.29 is 8.42 Å². The fourth-order valence-corrected chi connectivity index (χ4v) is 4.00. The molecule has 0 saturated heterocycles. The molecule has 1 N–H and O–H groups in total. The molecule has 96 valence electrons. The number of aromatic nitrogens is 2. The molecule has 0 amide bonds. The first-order valence-corrected chi connectivity index (χ1v) is 7.47. The van der Waals surface area contributed by atoms with Crippen molar-refractivity contribution in [3.63, 3.8) is 0 Å². The van der Waals surface area contributed by atoms with Crippen molar-refractivity contribution in [2.75, 3.05) is 0 Å². The summed E-state index contributed by atoms with van der Waals surface area (Å²) in [6.45, 7) is 1.99. The van der Waals surface area contributed by atoms with Crippen LogP contribution < -0.4 is 4.72 Å². The van der Waals surface area contributed by atoms with E-state index in [1.165, 1.54) is 10.9 Å². The minimum atomic E-state index is -3.61. The third kappa shape index (κ3) is 2.21. The number of imidazole rings is 1. The highest BCUT2D eigenvalue weighted by atomic mass is 35.5. The highest BCUT2D eigenvalue weighted by molar-refractivity contribution is 7.89. The zero-order chi connectivity index (χ0) is 12.7. The zero-order valence-electron chi connectivity index (χ0n) is 9.90. The van der Waals surface area contributed by atoms with Crippen LogP contribution in [0.3, 0.4) is 0 Å². The van der Waals surface area contributed by atoms with Gasteiger partial charge >= 0.3 is 0 Å². The van der Waals surface area contributed by atoms with Gasteiger partial charge < -0.3 is 4.57 Å². The van der Waals surface area contributed by atoms with E-state index in [4.69, 9.17) is 11.6 Å². The fourth-order valence-electron chi connectivity index (χ4n) is 2.04. The Balaban J connectivity index is 2.28. The number of nitrogens with zero attached hydrogens (tertiary/aromatic N) is 2. The highest BCUT2D eigenvalue weighted by Gasteiger charge is 2.40. The van der Waals surface area contributed by atoms with Gasteiger partial charge in [0, 0.05) is 12.6 Å². The van der Waals surface area contributed by atoms with Crippen LogP contribution in [0.1, 0.15) is 32.6 Å². The maximum atomic E-state index is 12.2. The largest absolute Gasteiger partial charge is 0.324 e. The van der Waals surface area contributed by atoms with Gasteiger partial charge in [-0.15, -0.1) is 0 Å². The number of nitrogens with one attached hydrogen (secondary N) is 1. The molecule has 1 aliphatic rings. The molecule has 1 aromatic rings. The molecular formula is C10H16ClN3O2S. The maximum absolute atomic E-state index is 12.2. The first-order valence-electron chi connectivity index (χ1n) is 5.61. The predicted molar refractivity (Wildman–Crippen MR) is 65.4 cm³/mol. The van der Waals surface area contributed by atoms with E-state index in [2.05, 4.69) is 9.71 Å². The summed E-state index contributed by atoms with van der Waals surface area (Å²) in [5, 5.41) is 0.0597. The topological polar surface area (TPSA) is 64.0 Å². The van der Waals surface area contributed by atoms with Crippen LogP contribution in [-0.4, -0.2) is 23.5 Å². The van der Waals surface area contributed by atoms with Gasteiger partial charge in [-0.05, 0) is 25.7 Å². The molecule has 17 heavy (non-hydrogen) atoms. The van der Waals surface area contributed by atoms with E-state index in [9.17, 15) is 8.42 Å². The van der Waals surface area contributed by atoms with Gasteiger partial charge in [0.15, 0.2) is 0 Å². The molecule has 1 fully saturated rings. The summed E-state index contributed by atoms with van der Waals surface area (Å²) in [7, 11) is -1.95. The van der Waals surface area contributed by atoms with Crippen LogP contribution in [0.15, 0.2) is 11.4 Å². The average molecular weight is 278 g/mol. The number of sulfonamides is 1. The Morgan fingerprint density at radius 2 is 2.24 bits per heavy atom. The van der Waals surface area contributed by atoms with Gasteiger partial charge in [-0.2, -0.15) is 0 Å². The Hall–Kier alpha value is -0.590. The summed E-state index contributed by atoms with van der Waals surface area (Å²) in [5.41, 5.74) is -0.292. The average Bonchev–Trinajstić information content (AvgIpc) is 2.54. The molecule has 7 heteroatoms. The normalized spacial score (nSPS) is 19.0. The van der Waals surface area contributed by atoms with E-state index < -0.39 is 10.0 Å². The Kier molecular flexibility index (Phi) is 3.22. The van der Waals surface area contributed by atoms with Crippen LogP contribution >= 0.6 is 11.6 Å². The Morgan fingerprint density at radius 1 is 1.59 bits per heavy atom. The van der Waals surface area contributed by atoms with E-state index >= 15 is 0 Å². The van der Waals surface area contributed by atoms with Gasteiger partial charge in [0.05, 0.1) is 6.33 Å². The lowest BCUT2D eigenvalue weighted by Gasteiger charge is -2.41. The molecule has 0 unspecified atom stereocenters. The van der Waals surface area contributed by atoms with Gasteiger partial charge in [0.1, 0.15) is 5.15 Å². The number of halogens is 1. The third-order valence-electron chi connectivity index (χ3n) is 3.43. The molecule has 0 bridgehead atoms. The molecule has 0 spiro atoms. The molecule has 0 radical (unpaired) electrons. The Bertz CT molecular complexity index is 514. The zero-order valence-corrected chi connectivity index (χ0v) is 11.5. The number of rotatable bonds is 4. The minimum absolute atomic E-state index is 0.0820. The second kappa shape index (κ2) is 4.26. The molecule has 0 aliphatic heterocycles. The summed E-state index contributed by atoms with van der Waals surface area (Å²) in [6, 6.07) is 0. The van der Waals surface area contributed by atoms with Crippen molar-refractivity contribution in [1.82, 2.24) is 14.3 Å². The summed E-state index contributed by atoms with van der Waals surface area (Å²) >= 11 is 5.91. The van der Waals surface area contributed by atoms with Gasteiger partial charge in [-0.25, -0.2) is 18.1 Å². The smallest absolute Gasteiger partial charge is 0.261 e. The predicted octanol–water partition coefficient (Wildman–Crippen LogP) is 1.68. The Labute approximate surface area is 106 Å². The van der Waals surface area contributed by atoms with Crippen molar-refractivity contribution in [2.45, 2.75) is 43.2 Å². The second-order valence-electron chi connectivity index (χ2n) is 4.54. The van der Waals surface area contributed by atoms with E-state index in [1.54, 1.807) is 7.05 Å². The summed E-state index contributed by atoms with van der Waals surface area (Å²) in [6.07, 6.45) is 5.01. The molecule has 5 nitrogen and oxygen atoms in total. The maximum Gasteiger partial charge on any atom is 0.261 e. The van der Waals surface area contributed by atoms with E-state index in [0.717, 1.165) is 25.7 Å². The standard InChI is InChI=1S/C10H16ClN3O2S/c1-3-10(5-4-6-10)13-17(15,16)9-8(11)14(2)7-12-9/h7,13H,3-6H2,1-2H3. The van der Waals surface area contributed by atoms with E-state index in [-0.39, 0.29) is 15.7 Å². The SMILES string of the molecule is CCC1(NS(=O)(=O)c2ncn(C)c2Cl)CCC1. The first-order chi connectivity index (χ1) is 7.90. The molecule has 1 saturated carbocycles. The molecule has 1 aromatic heterocycles. The number of hydrogen-bond acceptors (Lipinski definition) is 3. The van der Waals surface area contributed by atoms with Crippen LogP contribution in [0.4, 0.5) is 0 Å². The first kappa shape index (κ1) is 12.9. The minimum Gasteiger partial charge on any atom is -0.324 e. The monoisotopic (exact) mass is 277 g/mol. The molecule has 0 aromatic carbocycles. The molecule has 2 rings (SSSR count). The van der Waals surface area contributed by atoms with Crippen LogP contribution in [0.2, 0.25) is 5.15 Å². The number of aryl methyl sites for hydroxylation is 1. The van der Waals surface area contributed by atoms with Gasteiger partial charge in [-0.1, -0.05) is 18.5 Å². The van der Waals surface area contributed by atoms with Crippen molar-refractivity contribution in [1.29, 1.82) is 0 Å². The molecule has 1 aliphatic carbocycles. The second-order valence-corrected chi connectivity index (χ2v) is 6.50. The van der Waals surface area contributed by atoms with E-state index in [0.29, 0.717) is 0 Å². The van der Waals surface area contributed by atoms with E-state index in [1.807, 2.05) is 6.92 Å². The lowest BCUT2D eigenvalue weighted by molar-refractivity contribution is 0.213. The lowest BCUT2D eigenvalue weighted by Crippen LogP contribution is -2.52. The van der Waals surface area contributed by atoms with Crippen LogP contribution in [-0.2, 0) is 17.1 Å². The molecule has 0 atom stereocenters. The summed E-state index contributed by atoms with van der Waals surface area (Å²) in [5.74, 6) is 0. The van der Waals surface area contributed by atoms with Crippen molar-refractivity contribution in [2.24, 2.45) is 7.05 Å².